The van der Waals surface area contributed by atoms with Crippen molar-refractivity contribution in [3.8, 4) is 0 Å². The number of hydrogen-bond acceptors (Lipinski definition) is 3. The van der Waals surface area contributed by atoms with Crippen molar-refractivity contribution in [3.63, 3.8) is 0 Å². The molecule has 1 N–H and O–H groups in total. The van der Waals surface area contributed by atoms with E-state index in [1.807, 2.05) is 0 Å². The van der Waals surface area contributed by atoms with Crippen molar-refractivity contribution in [1.82, 2.24) is 15.3 Å². The summed E-state index contributed by atoms with van der Waals surface area (Å²) in [7, 11) is 0. The lowest BCUT2D eigenvalue weighted by Crippen LogP contribution is -2.26. The van der Waals surface area contributed by atoms with Crippen molar-refractivity contribution in [2.45, 2.75) is 66.2 Å². The van der Waals surface area contributed by atoms with Crippen LogP contribution >= 0.6 is 0 Å². The molecule has 0 aromatic carbocycles. The summed E-state index contributed by atoms with van der Waals surface area (Å²) in [5, 5.41) is 3.55. The van der Waals surface area contributed by atoms with Gasteiger partial charge in [0.15, 0.2) is 0 Å². The number of aryl methyl sites for hydroxylation is 2. The van der Waals surface area contributed by atoms with E-state index >= 15 is 0 Å². The monoisotopic (exact) mass is 289 g/mol. The second kappa shape index (κ2) is 6.43. The third-order valence-corrected chi connectivity index (χ3v) is 4.56. The van der Waals surface area contributed by atoms with Crippen LogP contribution < -0.4 is 5.32 Å². The van der Waals surface area contributed by atoms with Crippen molar-refractivity contribution in [3.05, 3.63) is 22.8 Å². The molecule has 0 spiro atoms. The first-order valence-corrected chi connectivity index (χ1v) is 8.37. The maximum absolute atomic E-state index is 4.80. The minimum atomic E-state index is 0.262. The van der Waals surface area contributed by atoms with Gasteiger partial charge < -0.3 is 5.32 Å². The summed E-state index contributed by atoms with van der Waals surface area (Å²) in [4.78, 5) is 9.60. The van der Waals surface area contributed by atoms with Gasteiger partial charge in [0.25, 0.3) is 0 Å². The van der Waals surface area contributed by atoms with E-state index in [4.69, 9.17) is 9.97 Å². The van der Waals surface area contributed by atoms with E-state index in [1.54, 1.807) is 0 Å². The van der Waals surface area contributed by atoms with Crippen LogP contribution in [-0.4, -0.2) is 23.1 Å². The molecule has 0 bridgehead atoms. The molecule has 0 aliphatic heterocycles. The van der Waals surface area contributed by atoms with Gasteiger partial charge in [-0.1, -0.05) is 27.7 Å². The van der Waals surface area contributed by atoms with E-state index < -0.39 is 0 Å². The summed E-state index contributed by atoms with van der Waals surface area (Å²) in [5.41, 5.74) is 3.97. The molecule has 118 valence electrons. The fraction of sp³-hybridized carbons (Fsp3) is 0.778. The molecule has 1 fully saturated rings. The fourth-order valence-corrected chi connectivity index (χ4v) is 2.75. The van der Waals surface area contributed by atoms with Gasteiger partial charge in [0.2, 0.25) is 0 Å². The normalized spacial score (nSPS) is 18.0. The molecule has 1 heterocycles. The van der Waals surface area contributed by atoms with Crippen molar-refractivity contribution < 1.29 is 0 Å². The Morgan fingerprint density at radius 1 is 1.05 bits per heavy atom. The Kier molecular flexibility index (Phi) is 5.03. The zero-order valence-corrected chi connectivity index (χ0v) is 14.6. The number of aromatic nitrogens is 2. The Morgan fingerprint density at radius 2 is 1.62 bits per heavy atom. The SMILES string of the molecule is Cc1nc(C2(C)CC2)nc(C)c1CC(C)CNCC(C)C. The molecule has 1 atom stereocenters. The lowest BCUT2D eigenvalue weighted by molar-refractivity contribution is 0.471. The highest BCUT2D eigenvalue weighted by molar-refractivity contribution is 5.28. The Morgan fingerprint density at radius 3 is 2.10 bits per heavy atom. The average Bonchev–Trinajstić information content (AvgIpc) is 3.12. The summed E-state index contributed by atoms with van der Waals surface area (Å²) < 4.78 is 0. The van der Waals surface area contributed by atoms with Gasteiger partial charge in [-0.25, -0.2) is 9.97 Å². The third-order valence-electron chi connectivity index (χ3n) is 4.56. The maximum atomic E-state index is 4.80. The van der Waals surface area contributed by atoms with Gasteiger partial charge in [0, 0.05) is 16.8 Å². The first-order valence-electron chi connectivity index (χ1n) is 8.37. The average molecular weight is 289 g/mol. The minimum absolute atomic E-state index is 0.262. The van der Waals surface area contributed by atoms with Gasteiger partial charge in [-0.15, -0.1) is 0 Å². The zero-order valence-electron chi connectivity index (χ0n) is 14.6. The van der Waals surface area contributed by atoms with Crippen LogP contribution in [0.15, 0.2) is 0 Å². The summed E-state index contributed by atoms with van der Waals surface area (Å²) in [5.74, 6) is 2.39. The fourth-order valence-electron chi connectivity index (χ4n) is 2.75. The molecule has 0 saturated heterocycles. The van der Waals surface area contributed by atoms with E-state index in [0.29, 0.717) is 11.8 Å². The van der Waals surface area contributed by atoms with Crippen LogP contribution in [0.25, 0.3) is 0 Å². The summed E-state index contributed by atoms with van der Waals surface area (Å²) in [6.45, 7) is 15.5. The molecule has 0 radical (unpaired) electrons. The largest absolute Gasteiger partial charge is 0.316 e. The number of rotatable bonds is 7. The molecule has 1 aromatic rings. The molecule has 3 nitrogen and oxygen atoms in total. The minimum Gasteiger partial charge on any atom is -0.316 e. The second-order valence-corrected chi connectivity index (χ2v) is 7.62. The molecule has 1 unspecified atom stereocenters. The van der Waals surface area contributed by atoms with Gasteiger partial charge in [-0.05, 0) is 63.6 Å². The summed E-state index contributed by atoms with van der Waals surface area (Å²) >= 11 is 0. The van der Waals surface area contributed by atoms with Crippen LogP contribution in [0, 0.1) is 25.7 Å². The number of hydrogen-bond donors (Lipinski definition) is 1. The van der Waals surface area contributed by atoms with Crippen LogP contribution in [-0.2, 0) is 11.8 Å². The zero-order chi connectivity index (χ0) is 15.6. The van der Waals surface area contributed by atoms with Crippen molar-refractivity contribution in [2.75, 3.05) is 13.1 Å². The Balaban J connectivity index is 2.00. The lowest BCUT2D eigenvalue weighted by atomic mass is 9.98. The number of nitrogens with one attached hydrogen (secondary N) is 1. The highest BCUT2D eigenvalue weighted by Crippen LogP contribution is 2.46. The molecule has 21 heavy (non-hydrogen) atoms. The molecule has 0 amide bonds. The molecule has 1 aliphatic rings. The van der Waals surface area contributed by atoms with Gasteiger partial charge in [-0.2, -0.15) is 0 Å². The standard InChI is InChI=1S/C18H31N3/c1-12(2)10-19-11-13(3)9-16-14(4)20-17(21-15(16)5)18(6)7-8-18/h12-13,19H,7-11H2,1-6H3. The molecular weight excluding hydrogens is 258 g/mol. The van der Waals surface area contributed by atoms with Gasteiger partial charge >= 0.3 is 0 Å². The highest BCUT2D eigenvalue weighted by Gasteiger charge is 2.42. The van der Waals surface area contributed by atoms with E-state index in [9.17, 15) is 0 Å². The van der Waals surface area contributed by atoms with Crippen molar-refractivity contribution in [1.29, 1.82) is 0 Å². The predicted octanol–water partition coefficient (Wildman–Crippen LogP) is 3.57. The molecule has 2 rings (SSSR count). The molecule has 3 heteroatoms. The van der Waals surface area contributed by atoms with Gasteiger partial charge in [0.05, 0.1) is 0 Å². The Bertz CT molecular complexity index is 466. The topological polar surface area (TPSA) is 37.8 Å². The molecule has 1 aliphatic carbocycles. The highest BCUT2D eigenvalue weighted by atomic mass is 14.9. The van der Waals surface area contributed by atoms with Gasteiger partial charge in [0.1, 0.15) is 5.82 Å². The Labute approximate surface area is 130 Å². The molecule has 1 aromatic heterocycles. The van der Waals surface area contributed by atoms with Crippen LogP contribution in [0.2, 0.25) is 0 Å². The molecule has 1 saturated carbocycles. The summed E-state index contributed by atoms with van der Waals surface area (Å²) in [6.07, 6.45) is 3.54. The van der Waals surface area contributed by atoms with Crippen LogP contribution in [0.1, 0.15) is 63.3 Å². The Hall–Kier alpha value is -0.960. The first-order chi connectivity index (χ1) is 9.82. The van der Waals surface area contributed by atoms with Crippen LogP contribution in [0.3, 0.4) is 0 Å². The molecular formula is C18H31N3. The van der Waals surface area contributed by atoms with E-state index in [-0.39, 0.29) is 5.41 Å². The van der Waals surface area contributed by atoms with E-state index in [1.165, 1.54) is 29.8 Å². The third kappa shape index (κ3) is 4.26. The quantitative estimate of drug-likeness (QED) is 0.834. The predicted molar refractivity (Wildman–Crippen MR) is 88.7 cm³/mol. The maximum Gasteiger partial charge on any atom is 0.134 e. The smallest absolute Gasteiger partial charge is 0.134 e. The van der Waals surface area contributed by atoms with Crippen LogP contribution in [0.4, 0.5) is 0 Å². The van der Waals surface area contributed by atoms with Crippen LogP contribution in [0.5, 0.6) is 0 Å². The summed E-state index contributed by atoms with van der Waals surface area (Å²) in [6, 6.07) is 0. The lowest BCUT2D eigenvalue weighted by Gasteiger charge is -2.18. The first kappa shape index (κ1) is 16.4. The van der Waals surface area contributed by atoms with E-state index in [2.05, 4.69) is 46.9 Å². The van der Waals surface area contributed by atoms with E-state index in [0.717, 1.165) is 25.3 Å². The van der Waals surface area contributed by atoms with Crippen molar-refractivity contribution in [2.24, 2.45) is 11.8 Å². The number of nitrogens with zero attached hydrogens (tertiary/aromatic N) is 2. The van der Waals surface area contributed by atoms with Gasteiger partial charge in [-0.3, -0.25) is 0 Å². The van der Waals surface area contributed by atoms with Crippen molar-refractivity contribution >= 4 is 0 Å². The second-order valence-electron chi connectivity index (χ2n) is 7.62.